The van der Waals surface area contributed by atoms with Crippen LogP contribution in [0, 0.1) is 0 Å². The van der Waals surface area contributed by atoms with Gasteiger partial charge in [0.15, 0.2) is 0 Å². The van der Waals surface area contributed by atoms with Crippen molar-refractivity contribution in [3.63, 3.8) is 0 Å². The molecular formula is C4H5BrClNS. The molecule has 46 valence electrons. The van der Waals surface area contributed by atoms with Gasteiger partial charge in [0.25, 0.3) is 0 Å². The minimum Gasteiger partial charge on any atom is -0.253 e. The van der Waals surface area contributed by atoms with E-state index in [0.717, 1.165) is 5.33 Å². The maximum atomic E-state index is 3.88. The monoisotopic (exact) mass is 213 g/mol. The minimum atomic E-state index is 0. The molecule has 0 aliphatic rings. The summed E-state index contributed by atoms with van der Waals surface area (Å²) in [4.78, 5) is 5.16. The molecule has 1 aromatic heterocycles. The molecule has 0 amide bonds. The van der Waals surface area contributed by atoms with Crippen molar-refractivity contribution in [1.82, 2.24) is 4.98 Å². The Bertz CT molecular complexity index is 131. The summed E-state index contributed by atoms with van der Waals surface area (Å²) in [6.07, 6.45) is 1.86. The van der Waals surface area contributed by atoms with Crippen molar-refractivity contribution >= 4 is 39.7 Å². The number of rotatable bonds is 1. The lowest BCUT2D eigenvalue weighted by Crippen LogP contribution is -1.59. The highest BCUT2D eigenvalue weighted by Crippen LogP contribution is 2.08. The van der Waals surface area contributed by atoms with Gasteiger partial charge in [-0.05, 0) is 0 Å². The molecule has 0 aromatic carbocycles. The third kappa shape index (κ3) is 2.11. The molecule has 0 fully saturated rings. The number of thiazole rings is 1. The Kier molecular flexibility index (Phi) is 4.51. The lowest BCUT2D eigenvalue weighted by Gasteiger charge is -1.74. The van der Waals surface area contributed by atoms with Crippen LogP contribution in [0.1, 0.15) is 4.88 Å². The highest BCUT2D eigenvalue weighted by atomic mass is 79.9. The fraction of sp³-hybridized carbons (Fsp3) is 0.250. The number of hydrogen-bond donors (Lipinski definition) is 0. The summed E-state index contributed by atoms with van der Waals surface area (Å²) in [7, 11) is 0. The first kappa shape index (κ1) is 8.40. The first-order chi connectivity index (χ1) is 3.43. The maximum Gasteiger partial charge on any atom is 0.0794 e. The zero-order valence-corrected chi connectivity index (χ0v) is 7.22. The number of alkyl halides is 1. The number of hydrogen-bond acceptors (Lipinski definition) is 2. The first-order valence-electron chi connectivity index (χ1n) is 1.87. The van der Waals surface area contributed by atoms with Crippen LogP contribution >= 0.6 is 39.7 Å². The van der Waals surface area contributed by atoms with E-state index in [2.05, 4.69) is 20.9 Å². The van der Waals surface area contributed by atoms with Gasteiger partial charge in [0.1, 0.15) is 0 Å². The lowest BCUT2D eigenvalue weighted by atomic mass is 10.7. The van der Waals surface area contributed by atoms with E-state index < -0.39 is 0 Å². The highest BCUT2D eigenvalue weighted by molar-refractivity contribution is 9.08. The largest absolute Gasteiger partial charge is 0.253 e. The van der Waals surface area contributed by atoms with E-state index in [1.165, 1.54) is 4.88 Å². The molecule has 0 aliphatic carbocycles. The Balaban J connectivity index is 0.000000490. The summed E-state index contributed by atoms with van der Waals surface area (Å²) in [5.41, 5.74) is 1.83. The Hall–Kier alpha value is 0.400. The molecule has 8 heavy (non-hydrogen) atoms. The van der Waals surface area contributed by atoms with Crippen molar-refractivity contribution in [2.24, 2.45) is 0 Å². The average Bonchev–Trinajstić information content (AvgIpc) is 2.14. The van der Waals surface area contributed by atoms with Crippen molar-refractivity contribution in [2.75, 3.05) is 0 Å². The average molecular weight is 215 g/mol. The molecule has 0 saturated carbocycles. The molecular weight excluding hydrogens is 209 g/mol. The van der Waals surface area contributed by atoms with E-state index in [4.69, 9.17) is 0 Å². The van der Waals surface area contributed by atoms with E-state index >= 15 is 0 Å². The predicted molar refractivity (Wildman–Crippen MR) is 42.0 cm³/mol. The van der Waals surface area contributed by atoms with Gasteiger partial charge in [-0.2, -0.15) is 0 Å². The van der Waals surface area contributed by atoms with Crippen molar-refractivity contribution in [1.29, 1.82) is 0 Å². The second-order valence-corrected chi connectivity index (χ2v) is 2.63. The molecule has 4 heteroatoms. The van der Waals surface area contributed by atoms with Crippen LogP contribution in [0.5, 0.6) is 0 Å². The minimum absolute atomic E-state index is 0. The van der Waals surface area contributed by atoms with Gasteiger partial charge in [-0.15, -0.1) is 23.7 Å². The summed E-state index contributed by atoms with van der Waals surface area (Å²) in [6.45, 7) is 0. The fourth-order valence-electron chi connectivity index (χ4n) is 0.308. The van der Waals surface area contributed by atoms with Crippen LogP contribution in [0.4, 0.5) is 0 Å². The van der Waals surface area contributed by atoms with Gasteiger partial charge >= 0.3 is 0 Å². The number of nitrogens with zero attached hydrogens (tertiary/aromatic N) is 1. The maximum absolute atomic E-state index is 3.88. The fourth-order valence-corrected chi connectivity index (χ4v) is 1.29. The first-order valence-corrected chi connectivity index (χ1v) is 3.87. The topological polar surface area (TPSA) is 12.9 Å². The number of halogens is 2. The standard InChI is InChI=1S/C4H4BrNS.ClH/c5-1-4-2-6-3-7-4;/h2-3H,1H2;1H. The van der Waals surface area contributed by atoms with Gasteiger partial charge in [-0.3, -0.25) is 4.98 Å². The van der Waals surface area contributed by atoms with E-state index in [9.17, 15) is 0 Å². The third-order valence-electron chi connectivity index (χ3n) is 0.615. The molecule has 0 unspecified atom stereocenters. The van der Waals surface area contributed by atoms with Gasteiger partial charge in [0.2, 0.25) is 0 Å². The Morgan fingerprint density at radius 1 is 1.75 bits per heavy atom. The molecule has 1 heterocycles. The zero-order chi connectivity index (χ0) is 5.11. The molecule has 0 atom stereocenters. The zero-order valence-electron chi connectivity index (χ0n) is 4.00. The van der Waals surface area contributed by atoms with Gasteiger partial charge in [0, 0.05) is 16.4 Å². The van der Waals surface area contributed by atoms with Crippen LogP contribution in [0.25, 0.3) is 0 Å². The van der Waals surface area contributed by atoms with E-state index in [1.807, 2.05) is 11.7 Å². The molecule has 1 nitrogen and oxygen atoms in total. The van der Waals surface area contributed by atoms with Crippen LogP contribution in [-0.4, -0.2) is 4.98 Å². The summed E-state index contributed by atoms with van der Waals surface area (Å²) in [6, 6.07) is 0. The van der Waals surface area contributed by atoms with Crippen molar-refractivity contribution < 1.29 is 0 Å². The third-order valence-corrected chi connectivity index (χ3v) is 2.37. The Labute approximate surface area is 66.7 Å². The summed E-state index contributed by atoms with van der Waals surface area (Å²) < 4.78 is 0. The molecule has 0 bridgehead atoms. The van der Waals surface area contributed by atoms with Gasteiger partial charge in [-0.25, -0.2) is 0 Å². The SMILES string of the molecule is BrCc1cncs1.Cl. The van der Waals surface area contributed by atoms with E-state index in [0.29, 0.717) is 0 Å². The molecule has 0 spiro atoms. The molecule has 0 radical (unpaired) electrons. The second kappa shape index (κ2) is 4.30. The smallest absolute Gasteiger partial charge is 0.0794 e. The lowest BCUT2D eigenvalue weighted by molar-refractivity contribution is 1.38. The summed E-state index contributed by atoms with van der Waals surface area (Å²) in [5.74, 6) is 0. The molecule has 0 N–H and O–H groups in total. The van der Waals surface area contributed by atoms with Crippen molar-refractivity contribution in [3.05, 3.63) is 16.6 Å². The Morgan fingerprint density at radius 3 is 2.75 bits per heavy atom. The molecule has 0 saturated heterocycles. The highest BCUT2D eigenvalue weighted by Gasteiger charge is 1.85. The second-order valence-electron chi connectivity index (χ2n) is 1.10. The molecule has 1 aromatic rings. The van der Waals surface area contributed by atoms with Crippen LogP contribution in [0.15, 0.2) is 11.7 Å². The van der Waals surface area contributed by atoms with Crippen LogP contribution in [-0.2, 0) is 5.33 Å². The predicted octanol–water partition coefficient (Wildman–Crippen LogP) is 2.46. The number of aromatic nitrogens is 1. The van der Waals surface area contributed by atoms with E-state index in [1.54, 1.807) is 11.3 Å². The molecule has 1 rings (SSSR count). The summed E-state index contributed by atoms with van der Waals surface area (Å²) in [5, 5.41) is 0.928. The summed E-state index contributed by atoms with van der Waals surface area (Å²) >= 11 is 4.97. The van der Waals surface area contributed by atoms with E-state index in [-0.39, 0.29) is 12.4 Å². The Morgan fingerprint density at radius 2 is 2.50 bits per heavy atom. The van der Waals surface area contributed by atoms with Crippen LogP contribution in [0.2, 0.25) is 0 Å². The van der Waals surface area contributed by atoms with Crippen molar-refractivity contribution in [3.8, 4) is 0 Å². The molecule has 0 aliphatic heterocycles. The normalized spacial score (nSPS) is 8.12. The van der Waals surface area contributed by atoms with Gasteiger partial charge < -0.3 is 0 Å². The van der Waals surface area contributed by atoms with Gasteiger partial charge in [-0.1, -0.05) is 15.9 Å². The van der Waals surface area contributed by atoms with Gasteiger partial charge in [0.05, 0.1) is 5.51 Å². The quantitative estimate of drug-likeness (QED) is 0.655. The van der Waals surface area contributed by atoms with Crippen LogP contribution < -0.4 is 0 Å². The van der Waals surface area contributed by atoms with Crippen molar-refractivity contribution in [2.45, 2.75) is 5.33 Å². The van der Waals surface area contributed by atoms with Crippen LogP contribution in [0.3, 0.4) is 0 Å².